The van der Waals surface area contributed by atoms with Gasteiger partial charge in [0.05, 0.1) is 6.42 Å². The maximum atomic E-state index is 14.2. The normalized spacial score (nSPS) is 16.2. The Morgan fingerprint density at radius 2 is 2.32 bits per heavy atom. The molecule has 5 nitrogen and oxygen atoms in total. The van der Waals surface area contributed by atoms with Crippen LogP contribution in [-0.2, 0) is 19.4 Å². The summed E-state index contributed by atoms with van der Waals surface area (Å²) in [6.07, 6.45) is 5.51. The minimum Gasteiger partial charge on any atom is -0.334 e. The van der Waals surface area contributed by atoms with E-state index in [1.807, 2.05) is 10.6 Å². The highest BCUT2D eigenvalue weighted by Gasteiger charge is 2.29. The zero-order valence-corrected chi connectivity index (χ0v) is 15.5. The summed E-state index contributed by atoms with van der Waals surface area (Å²) in [5.41, 5.74) is 2.43. The Morgan fingerprint density at radius 3 is 3.08 bits per heavy atom. The van der Waals surface area contributed by atoms with E-state index in [4.69, 9.17) is 12.2 Å². The fourth-order valence-corrected chi connectivity index (χ4v) is 4.02. The van der Waals surface area contributed by atoms with Gasteiger partial charge in [0, 0.05) is 40.7 Å². The van der Waals surface area contributed by atoms with Crippen LogP contribution < -0.4 is 0 Å². The molecule has 0 bridgehead atoms. The molecule has 0 aliphatic carbocycles. The van der Waals surface area contributed by atoms with Crippen molar-refractivity contribution in [2.75, 3.05) is 0 Å². The van der Waals surface area contributed by atoms with Gasteiger partial charge in [0.15, 0.2) is 4.77 Å². The Kier molecular flexibility index (Phi) is 4.16. The number of nitrogens with zero attached hydrogens (tertiary/aromatic N) is 3. The van der Waals surface area contributed by atoms with E-state index in [1.54, 1.807) is 18.5 Å². The zero-order chi connectivity index (χ0) is 17.6. The third kappa shape index (κ3) is 3.00. The number of carbonyl (C=O) groups is 1. The Bertz CT molecular complexity index is 1010. The highest BCUT2D eigenvalue weighted by atomic mass is 79.9. The molecule has 1 aliphatic heterocycles. The summed E-state index contributed by atoms with van der Waals surface area (Å²) in [6, 6.07) is 4.97. The third-order valence-electron chi connectivity index (χ3n) is 4.54. The minimum atomic E-state index is -0.218. The number of imidazole rings is 2. The molecule has 2 aromatic heterocycles. The Hall–Kier alpha value is -2.06. The Balaban J connectivity index is 1.63. The molecule has 0 radical (unpaired) electrons. The summed E-state index contributed by atoms with van der Waals surface area (Å²) in [5.74, 6) is -0.301. The molecule has 0 amide bonds. The van der Waals surface area contributed by atoms with Gasteiger partial charge < -0.3 is 9.55 Å². The maximum absolute atomic E-state index is 14.2. The number of halogens is 2. The average molecular weight is 421 g/mol. The molecule has 25 heavy (non-hydrogen) atoms. The molecule has 0 spiro atoms. The van der Waals surface area contributed by atoms with Gasteiger partial charge in [-0.05, 0) is 42.4 Å². The van der Waals surface area contributed by atoms with E-state index in [0.717, 1.165) is 15.9 Å². The van der Waals surface area contributed by atoms with E-state index in [-0.39, 0.29) is 24.1 Å². The lowest BCUT2D eigenvalue weighted by Crippen LogP contribution is -2.13. The molecule has 3 aromatic rings. The Morgan fingerprint density at radius 1 is 1.48 bits per heavy atom. The van der Waals surface area contributed by atoms with Gasteiger partial charge in [0.25, 0.3) is 0 Å². The summed E-state index contributed by atoms with van der Waals surface area (Å²) in [4.78, 5) is 19.3. The van der Waals surface area contributed by atoms with E-state index in [0.29, 0.717) is 23.3 Å². The van der Waals surface area contributed by atoms with Crippen molar-refractivity contribution in [2.24, 2.45) is 0 Å². The standard InChI is InChI=1S/C17H14BrFN4OS/c18-11-1-2-13(19)12(6-11)10-5-15-14(21-17(25)23(15)8-10)7-16(24)22-4-3-20-9-22/h1-4,6,9-10H,5,7-8H2,(H,21,25). The number of benzene rings is 1. The number of fused-ring (bicyclic) bond motifs is 1. The number of nitrogens with one attached hydrogen (secondary N) is 1. The molecule has 1 atom stereocenters. The molecule has 1 N–H and O–H groups in total. The van der Waals surface area contributed by atoms with Crippen LogP contribution >= 0.6 is 28.1 Å². The van der Waals surface area contributed by atoms with E-state index in [2.05, 4.69) is 25.9 Å². The van der Waals surface area contributed by atoms with E-state index >= 15 is 0 Å². The van der Waals surface area contributed by atoms with Crippen molar-refractivity contribution < 1.29 is 9.18 Å². The number of rotatable bonds is 3. The number of hydrogen-bond acceptors (Lipinski definition) is 3. The first-order valence-corrected chi connectivity index (χ1v) is 8.99. The van der Waals surface area contributed by atoms with Crippen LogP contribution in [0.1, 0.15) is 27.7 Å². The first-order valence-electron chi connectivity index (χ1n) is 7.79. The van der Waals surface area contributed by atoms with E-state index in [9.17, 15) is 9.18 Å². The molecule has 128 valence electrons. The van der Waals surface area contributed by atoms with Crippen molar-refractivity contribution in [1.29, 1.82) is 0 Å². The SMILES string of the molecule is O=C(Cc1[nH]c(=S)n2c1CC(c1cc(Br)ccc1F)C2)n1ccnc1. The number of aromatic amines is 1. The van der Waals surface area contributed by atoms with Crippen molar-refractivity contribution in [3.05, 3.63) is 68.9 Å². The highest BCUT2D eigenvalue weighted by Crippen LogP contribution is 2.34. The number of H-pyrrole nitrogens is 1. The number of aromatic nitrogens is 4. The van der Waals surface area contributed by atoms with Gasteiger partial charge in [-0.1, -0.05) is 15.9 Å². The lowest BCUT2D eigenvalue weighted by Gasteiger charge is -2.11. The van der Waals surface area contributed by atoms with Crippen molar-refractivity contribution in [3.8, 4) is 0 Å². The van der Waals surface area contributed by atoms with Crippen LogP contribution in [0.4, 0.5) is 4.39 Å². The minimum absolute atomic E-state index is 0.00546. The fourth-order valence-electron chi connectivity index (χ4n) is 3.33. The van der Waals surface area contributed by atoms with Gasteiger partial charge in [-0.15, -0.1) is 0 Å². The van der Waals surface area contributed by atoms with Gasteiger partial charge in [-0.3, -0.25) is 9.36 Å². The Labute approximate surface area is 156 Å². The molecule has 8 heteroatoms. The summed E-state index contributed by atoms with van der Waals surface area (Å²) in [7, 11) is 0. The first-order chi connectivity index (χ1) is 12.0. The van der Waals surface area contributed by atoms with Crippen molar-refractivity contribution >= 4 is 34.1 Å². The van der Waals surface area contributed by atoms with Gasteiger partial charge >= 0.3 is 0 Å². The molecule has 1 aromatic carbocycles. The van der Waals surface area contributed by atoms with Gasteiger partial charge in [0.2, 0.25) is 5.91 Å². The second kappa shape index (κ2) is 6.34. The molecule has 0 saturated carbocycles. The molecular weight excluding hydrogens is 407 g/mol. The molecule has 1 unspecified atom stereocenters. The molecule has 3 heterocycles. The molecular formula is C17H14BrFN4OS. The summed E-state index contributed by atoms with van der Waals surface area (Å²) < 4.78 is 19.1. The van der Waals surface area contributed by atoms with Gasteiger partial charge in [0.1, 0.15) is 12.1 Å². The highest BCUT2D eigenvalue weighted by molar-refractivity contribution is 9.10. The molecule has 1 aliphatic rings. The average Bonchev–Trinajstić information content (AvgIpc) is 3.29. The van der Waals surface area contributed by atoms with E-state index < -0.39 is 0 Å². The topological polar surface area (TPSA) is 55.6 Å². The second-order valence-electron chi connectivity index (χ2n) is 6.07. The van der Waals surface area contributed by atoms with Crippen LogP contribution in [0.25, 0.3) is 0 Å². The maximum Gasteiger partial charge on any atom is 0.237 e. The lowest BCUT2D eigenvalue weighted by molar-refractivity contribution is 0.0912. The van der Waals surface area contributed by atoms with Crippen LogP contribution in [0.3, 0.4) is 0 Å². The second-order valence-corrected chi connectivity index (χ2v) is 7.38. The monoisotopic (exact) mass is 420 g/mol. The van der Waals surface area contributed by atoms with Crippen molar-refractivity contribution in [3.63, 3.8) is 0 Å². The summed E-state index contributed by atoms with van der Waals surface area (Å²) >= 11 is 8.79. The zero-order valence-electron chi connectivity index (χ0n) is 13.1. The van der Waals surface area contributed by atoms with Crippen LogP contribution in [0, 0.1) is 10.6 Å². The van der Waals surface area contributed by atoms with Crippen LogP contribution in [-0.4, -0.2) is 25.0 Å². The van der Waals surface area contributed by atoms with Gasteiger partial charge in [-0.2, -0.15) is 0 Å². The van der Waals surface area contributed by atoms with Gasteiger partial charge in [-0.25, -0.2) is 9.37 Å². The van der Waals surface area contributed by atoms with Crippen LogP contribution in [0.2, 0.25) is 0 Å². The quantitative estimate of drug-likeness (QED) is 0.654. The first kappa shape index (κ1) is 16.4. The van der Waals surface area contributed by atoms with Crippen LogP contribution in [0.15, 0.2) is 41.4 Å². The number of hydrogen-bond donors (Lipinski definition) is 1. The van der Waals surface area contributed by atoms with Crippen LogP contribution in [0.5, 0.6) is 0 Å². The largest absolute Gasteiger partial charge is 0.334 e. The van der Waals surface area contributed by atoms with E-state index in [1.165, 1.54) is 17.0 Å². The summed E-state index contributed by atoms with van der Waals surface area (Å²) in [5, 5.41) is 0. The summed E-state index contributed by atoms with van der Waals surface area (Å²) in [6.45, 7) is 0.608. The van der Waals surface area contributed by atoms with Crippen molar-refractivity contribution in [2.45, 2.75) is 25.3 Å². The predicted octanol–water partition coefficient (Wildman–Crippen LogP) is 3.87. The molecule has 4 rings (SSSR count). The van der Waals surface area contributed by atoms with Crippen molar-refractivity contribution in [1.82, 2.24) is 19.1 Å². The fraction of sp³-hybridized carbons (Fsp3) is 0.235. The third-order valence-corrected chi connectivity index (χ3v) is 5.35. The predicted molar refractivity (Wildman–Crippen MR) is 96.7 cm³/mol. The molecule has 0 saturated heterocycles. The number of carbonyl (C=O) groups excluding carboxylic acids is 1. The smallest absolute Gasteiger partial charge is 0.237 e. The molecule has 0 fully saturated rings. The lowest BCUT2D eigenvalue weighted by atomic mass is 9.96.